The van der Waals surface area contributed by atoms with Crippen molar-refractivity contribution in [1.29, 1.82) is 0 Å². The molecular weight excluding hydrogens is 458 g/mol. The summed E-state index contributed by atoms with van der Waals surface area (Å²) in [4.78, 5) is 14.5. The Morgan fingerprint density at radius 3 is 2.52 bits per heavy atom. The summed E-state index contributed by atoms with van der Waals surface area (Å²) in [6, 6.07) is 10.8. The topological polar surface area (TPSA) is 57.2 Å². The second-order valence-corrected chi connectivity index (χ2v) is 8.42. The predicted molar refractivity (Wildman–Crippen MR) is 128 cm³/mol. The molecule has 1 heterocycles. The zero-order valence-electron chi connectivity index (χ0n) is 17.3. The third-order valence-electron chi connectivity index (χ3n) is 4.38. The van der Waals surface area contributed by atoms with Gasteiger partial charge in [-0.25, -0.2) is 0 Å². The zero-order chi connectivity index (χ0) is 22.4. The Balaban J connectivity index is 1.67. The maximum Gasteiger partial charge on any atom is 0.266 e. The van der Waals surface area contributed by atoms with Crippen LogP contribution in [0.1, 0.15) is 12.5 Å². The van der Waals surface area contributed by atoms with Gasteiger partial charge in [-0.15, -0.1) is 0 Å². The van der Waals surface area contributed by atoms with Crippen LogP contribution in [0.25, 0.3) is 6.08 Å². The van der Waals surface area contributed by atoms with Crippen LogP contribution in [0.3, 0.4) is 0 Å². The van der Waals surface area contributed by atoms with Gasteiger partial charge in [0.05, 0.1) is 24.1 Å². The number of halogens is 1. The molecule has 0 unspecified atom stereocenters. The van der Waals surface area contributed by atoms with Gasteiger partial charge in [0.2, 0.25) is 0 Å². The lowest BCUT2D eigenvalue weighted by Crippen LogP contribution is -2.27. The number of benzene rings is 2. The Morgan fingerprint density at radius 1 is 1.10 bits per heavy atom. The van der Waals surface area contributed by atoms with Crippen LogP contribution in [0.5, 0.6) is 23.0 Å². The van der Waals surface area contributed by atoms with Crippen molar-refractivity contribution in [2.24, 2.45) is 0 Å². The molecular formula is C22H22ClNO5S2. The van der Waals surface area contributed by atoms with Gasteiger partial charge in [-0.3, -0.25) is 9.69 Å². The summed E-state index contributed by atoms with van der Waals surface area (Å²) in [5.74, 6) is 2.17. The minimum absolute atomic E-state index is 0.109. The number of methoxy groups -OCH3 is 2. The molecule has 2 aromatic carbocycles. The van der Waals surface area contributed by atoms with Gasteiger partial charge in [0.25, 0.3) is 5.91 Å². The summed E-state index contributed by atoms with van der Waals surface area (Å²) in [7, 11) is 3.14. The van der Waals surface area contributed by atoms with Crippen LogP contribution in [0.2, 0.25) is 5.02 Å². The highest BCUT2D eigenvalue weighted by Crippen LogP contribution is 2.39. The second-order valence-electron chi connectivity index (χ2n) is 6.34. The molecule has 1 fully saturated rings. The number of rotatable bonds is 9. The maximum atomic E-state index is 12.4. The van der Waals surface area contributed by atoms with Crippen molar-refractivity contribution in [3.05, 3.63) is 51.9 Å². The zero-order valence-corrected chi connectivity index (χ0v) is 19.7. The number of amides is 1. The normalized spacial score (nSPS) is 14.8. The summed E-state index contributed by atoms with van der Waals surface area (Å²) in [5, 5.41) is 0.373. The van der Waals surface area contributed by atoms with Crippen molar-refractivity contribution in [2.45, 2.75) is 6.92 Å². The van der Waals surface area contributed by atoms with Crippen molar-refractivity contribution in [2.75, 3.05) is 34.0 Å². The van der Waals surface area contributed by atoms with Crippen molar-refractivity contribution in [3.8, 4) is 23.0 Å². The monoisotopic (exact) mass is 479 g/mol. The van der Waals surface area contributed by atoms with Crippen LogP contribution in [-0.4, -0.2) is 49.1 Å². The number of hydrogen-bond donors (Lipinski definition) is 0. The molecule has 0 bridgehead atoms. The minimum atomic E-state index is -0.109. The van der Waals surface area contributed by atoms with E-state index >= 15 is 0 Å². The first-order chi connectivity index (χ1) is 15.0. The number of carbonyl (C=O) groups is 1. The average Bonchev–Trinajstić information content (AvgIpc) is 3.04. The summed E-state index contributed by atoms with van der Waals surface area (Å²) < 4.78 is 22.7. The molecule has 6 nitrogen and oxygen atoms in total. The molecule has 0 radical (unpaired) electrons. The fourth-order valence-electron chi connectivity index (χ4n) is 2.88. The molecule has 0 aromatic heterocycles. The lowest BCUT2D eigenvalue weighted by atomic mass is 10.1. The van der Waals surface area contributed by atoms with Crippen molar-refractivity contribution >= 4 is 51.9 Å². The quantitative estimate of drug-likeness (QED) is 0.284. The van der Waals surface area contributed by atoms with Gasteiger partial charge in [0, 0.05) is 12.6 Å². The molecule has 3 rings (SSSR count). The van der Waals surface area contributed by atoms with Crippen LogP contribution in [0, 0.1) is 0 Å². The molecule has 2 aromatic rings. The molecule has 164 valence electrons. The third kappa shape index (κ3) is 5.64. The lowest BCUT2D eigenvalue weighted by molar-refractivity contribution is -0.121. The van der Waals surface area contributed by atoms with Crippen molar-refractivity contribution in [3.63, 3.8) is 0 Å². The maximum absolute atomic E-state index is 12.4. The van der Waals surface area contributed by atoms with E-state index in [-0.39, 0.29) is 12.5 Å². The highest BCUT2D eigenvalue weighted by Gasteiger charge is 2.30. The Kier molecular flexibility index (Phi) is 8.06. The largest absolute Gasteiger partial charge is 0.497 e. The molecule has 0 spiro atoms. The van der Waals surface area contributed by atoms with Crippen LogP contribution in [0.15, 0.2) is 41.3 Å². The van der Waals surface area contributed by atoms with Crippen LogP contribution < -0.4 is 18.9 Å². The first kappa shape index (κ1) is 23.2. The van der Waals surface area contributed by atoms with Gasteiger partial charge >= 0.3 is 0 Å². The third-order valence-corrected chi connectivity index (χ3v) is 6.04. The molecule has 1 aliphatic rings. The van der Waals surface area contributed by atoms with E-state index in [0.717, 1.165) is 11.3 Å². The highest BCUT2D eigenvalue weighted by atomic mass is 35.5. The highest BCUT2D eigenvalue weighted by molar-refractivity contribution is 8.26. The summed E-state index contributed by atoms with van der Waals surface area (Å²) >= 11 is 13.0. The number of nitrogens with zero attached hydrogens (tertiary/aromatic N) is 1. The van der Waals surface area contributed by atoms with E-state index in [0.29, 0.717) is 44.6 Å². The Labute approximate surface area is 196 Å². The molecule has 0 atom stereocenters. The SMILES string of the molecule is CCN1C(=O)C(=Cc2cc(Cl)c(OCCOc3cccc(OC)c3)c(OC)c2)SC1=S. The van der Waals surface area contributed by atoms with E-state index in [1.807, 2.05) is 25.1 Å². The van der Waals surface area contributed by atoms with Gasteiger partial charge in [-0.05, 0) is 42.8 Å². The number of thioether (sulfide) groups is 1. The fraction of sp³-hybridized carbons (Fsp3) is 0.273. The molecule has 0 saturated carbocycles. The van der Waals surface area contributed by atoms with Crippen LogP contribution >= 0.6 is 35.6 Å². The number of hydrogen-bond acceptors (Lipinski definition) is 7. The van der Waals surface area contributed by atoms with Gasteiger partial charge in [-0.2, -0.15) is 0 Å². The fourth-order valence-corrected chi connectivity index (χ4v) is 4.54. The lowest BCUT2D eigenvalue weighted by Gasteiger charge is -2.14. The number of carbonyl (C=O) groups excluding carboxylic acids is 1. The van der Waals surface area contributed by atoms with Crippen LogP contribution in [-0.2, 0) is 4.79 Å². The van der Waals surface area contributed by atoms with E-state index in [9.17, 15) is 4.79 Å². The van der Waals surface area contributed by atoms with E-state index in [2.05, 4.69) is 0 Å². The molecule has 9 heteroatoms. The van der Waals surface area contributed by atoms with E-state index in [1.54, 1.807) is 36.3 Å². The van der Waals surface area contributed by atoms with Crippen LogP contribution in [0.4, 0.5) is 0 Å². The second kappa shape index (κ2) is 10.7. The first-order valence-electron chi connectivity index (χ1n) is 9.49. The van der Waals surface area contributed by atoms with Gasteiger partial charge in [0.1, 0.15) is 29.0 Å². The number of thiocarbonyl (C=S) groups is 1. The molecule has 0 N–H and O–H groups in total. The van der Waals surface area contributed by atoms with E-state index in [1.165, 1.54) is 18.9 Å². The number of likely N-dealkylation sites (N-methyl/N-ethyl adjacent to an activating group) is 1. The first-order valence-corrected chi connectivity index (χ1v) is 11.1. The van der Waals surface area contributed by atoms with Crippen molar-refractivity contribution < 1.29 is 23.7 Å². The Bertz CT molecular complexity index is 1010. The van der Waals surface area contributed by atoms with Gasteiger partial charge in [0.15, 0.2) is 11.5 Å². The molecule has 0 aliphatic carbocycles. The van der Waals surface area contributed by atoms with E-state index < -0.39 is 0 Å². The Hall–Kier alpha value is -2.42. The standard InChI is InChI=1S/C22H22ClNO5S2/c1-4-24-21(25)19(31-22(24)30)12-14-10-17(23)20(18(11-14)27-3)29-9-8-28-16-7-5-6-15(13-16)26-2/h5-7,10-13H,4,8-9H2,1-3H3. The summed E-state index contributed by atoms with van der Waals surface area (Å²) in [6.07, 6.45) is 1.75. The minimum Gasteiger partial charge on any atom is -0.497 e. The molecule has 31 heavy (non-hydrogen) atoms. The van der Waals surface area contributed by atoms with E-state index in [4.69, 9.17) is 42.8 Å². The van der Waals surface area contributed by atoms with Gasteiger partial charge in [-0.1, -0.05) is 41.6 Å². The Morgan fingerprint density at radius 2 is 1.84 bits per heavy atom. The van der Waals surface area contributed by atoms with Crippen molar-refractivity contribution in [1.82, 2.24) is 4.90 Å². The summed E-state index contributed by atoms with van der Waals surface area (Å²) in [6.45, 7) is 3.00. The predicted octanol–water partition coefficient (Wildman–Crippen LogP) is 5.04. The average molecular weight is 480 g/mol. The molecule has 1 amide bonds. The molecule has 1 aliphatic heterocycles. The number of ether oxygens (including phenoxy) is 4. The summed E-state index contributed by atoms with van der Waals surface area (Å²) in [5.41, 5.74) is 0.721. The smallest absolute Gasteiger partial charge is 0.266 e. The molecule has 1 saturated heterocycles. The van der Waals surface area contributed by atoms with Gasteiger partial charge < -0.3 is 18.9 Å².